The Balaban J connectivity index is 1.89. The fraction of sp³-hybridized carbons (Fsp3) is 0.148. The number of halogens is 1. The summed E-state index contributed by atoms with van der Waals surface area (Å²) in [6, 6.07) is 20.1. The minimum atomic E-state index is -1.22. The maximum Gasteiger partial charge on any atom is 0.414 e. The van der Waals surface area contributed by atoms with Gasteiger partial charge in [-0.05, 0) is 54.8 Å². The van der Waals surface area contributed by atoms with Crippen LogP contribution < -0.4 is 10.1 Å². The summed E-state index contributed by atoms with van der Waals surface area (Å²) in [5, 5.41) is 20.6. The first-order chi connectivity index (χ1) is 17.3. The lowest BCUT2D eigenvalue weighted by molar-refractivity contribution is -0.131. The Morgan fingerprint density at radius 2 is 1.64 bits per heavy atom. The largest absolute Gasteiger partial charge is 0.505 e. The zero-order chi connectivity index (χ0) is 25.9. The topological polar surface area (TPSA) is 122 Å². The number of benzene rings is 3. The number of alkyl carbamates (subject to hydrolysis) is 1. The van der Waals surface area contributed by atoms with Gasteiger partial charge in [-0.2, -0.15) is 0 Å². The molecule has 0 aromatic heterocycles. The van der Waals surface area contributed by atoms with Gasteiger partial charge in [0.25, 0.3) is 5.91 Å². The Kier molecular flexibility index (Phi) is 9.16. The molecule has 0 heterocycles. The summed E-state index contributed by atoms with van der Waals surface area (Å²) in [7, 11) is 0. The van der Waals surface area contributed by atoms with Crippen LogP contribution in [0.1, 0.15) is 34.9 Å². The highest BCUT2D eigenvalue weighted by Gasteiger charge is 2.30. The van der Waals surface area contributed by atoms with E-state index in [0.717, 1.165) is 18.2 Å². The van der Waals surface area contributed by atoms with Gasteiger partial charge in [-0.3, -0.25) is 10.1 Å². The third-order valence-electron chi connectivity index (χ3n) is 5.03. The fourth-order valence-electron chi connectivity index (χ4n) is 3.35. The minimum absolute atomic E-state index is 0.163. The third kappa shape index (κ3) is 7.69. The summed E-state index contributed by atoms with van der Waals surface area (Å²) in [6.45, 7) is 0. The molecule has 0 bridgehead atoms. The summed E-state index contributed by atoms with van der Waals surface area (Å²) in [5.41, 5.74) is 0.397. The standard InChI is InChI=1S/C27H24FNO7/c28-21-17-19(15-16-22(21)30)25(36-27(34)29-26(33)18-9-3-1-4-10-18)23(13-7-8-14-24(31)32)35-20-11-5-2-6-12-20/h1-6,8-12,14-17,23,25,30H,7,13H2,(H,31,32)(H,29,33,34)/b14-8+/t23-,25-/m0/s1. The van der Waals surface area contributed by atoms with Crippen LogP contribution in [0.25, 0.3) is 0 Å². The van der Waals surface area contributed by atoms with Crippen LogP contribution in [0.3, 0.4) is 0 Å². The number of phenolic OH excluding ortho intramolecular Hbond substituents is 1. The van der Waals surface area contributed by atoms with E-state index < -0.39 is 41.7 Å². The second kappa shape index (κ2) is 12.7. The number of phenols is 1. The molecule has 0 unspecified atom stereocenters. The SMILES string of the molecule is O=C(O)/C=C/CC[C@H](Oc1ccccc1)[C@@H](OC(=O)NC(=O)c1ccccc1)c1ccc(O)c(F)c1. The van der Waals surface area contributed by atoms with Gasteiger partial charge in [0, 0.05) is 11.6 Å². The molecule has 3 N–H and O–H groups in total. The summed E-state index contributed by atoms with van der Waals surface area (Å²) < 4.78 is 25.8. The number of carboxylic acid groups (broad SMARTS) is 1. The lowest BCUT2D eigenvalue weighted by atomic mass is 9.99. The quantitative estimate of drug-likeness (QED) is 0.340. The molecule has 0 spiro atoms. The molecule has 3 aromatic carbocycles. The first-order valence-corrected chi connectivity index (χ1v) is 11.0. The summed E-state index contributed by atoms with van der Waals surface area (Å²) in [5.74, 6) is -2.92. The van der Waals surface area contributed by atoms with Crippen LogP contribution in [-0.2, 0) is 9.53 Å². The highest BCUT2D eigenvalue weighted by Crippen LogP contribution is 2.31. The maximum absolute atomic E-state index is 14.2. The number of hydrogen-bond acceptors (Lipinski definition) is 6. The predicted molar refractivity (Wildman–Crippen MR) is 128 cm³/mol. The number of aromatic hydroxyl groups is 1. The van der Waals surface area contributed by atoms with Gasteiger partial charge < -0.3 is 19.7 Å². The van der Waals surface area contributed by atoms with Crippen LogP contribution in [0, 0.1) is 5.82 Å². The summed E-state index contributed by atoms with van der Waals surface area (Å²) in [4.78, 5) is 35.9. The smallest absolute Gasteiger partial charge is 0.414 e. The molecule has 0 aliphatic rings. The van der Waals surface area contributed by atoms with Crippen molar-refractivity contribution in [1.29, 1.82) is 0 Å². The van der Waals surface area contributed by atoms with Crippen molar-refractivity contribution >= 4 is 18.0 Å². The van der Waals surface area contributed by atoms with Crippen LogP contribution in [-0.4, -0.2) is 34.3 Å². The second-order valence-corrected chi connectivity index (χ2v) is 7.64. The number of nitrogens with one attached hydrogen (secondary N) is 1. The predicted octanol–water partition coefficient (Wildman–Crippen LogP) is 5.01. The van der Waals surface area contributed by atoms with E-state index in [2.05, 4.69) is 5.32 Å². The zero-order valence-corrected chi connectivity index (χ0v) is 19.0. The van der Waals surface area contributed by atoms with Crippen molar-refractivity contribution in [2.45, 2.75) is 25.0 Å². The van der Waals surface area contributed by atoms with Crippen LogP contribution in [0.4, 0.5) is 9.18 Å². The Labute approximate surface area is 206 Å². The van der Waals surface area contributed by atoms with Gasteiger partial charge in [0.05, 0.1) is 0 Å². The van der Waals surface area contributed by atoms with Crippen molar-refractivity contribution in [1.82, 2.24) is 5.32 Å². The molecule has 186 valence electrons. The van der Waals surface area contributed by atoms with Crippen molar-refractivity contribution in [3.63, 3.8) is 0 Å². The van der Waals surface area contributed by atoms with E-state index in [1.807, 2.05) is 0 Å². The number of allylic oxidation sites excluding steroid dienone is 1. The van der Waals surface area contributed by atoms with Crippen molar-refractivity contribution in [2.24, 2.45) is 0 Å². The van der Waals surface area contributed by atoms with E-state index in [1.165, 1.54) is 24.3 Å². The normalized spacial score (nSPS) is 12.5. The molecular weight excluding hydrogens is 469 g/mol. The van der Waals surface area contributed by atoms with Crippen molar-refractivity contribution in [3.05, 3.63) is 108 Å². The maximum atomic E-state index is 14.2. The lowest BCUT2D eigenvalue weighted by Gasteiger charge is -2.28. The molecule has 36 heavy (non-hydrogen) atoms. The molecule has 0 saturated heterocycles. The summed E-state index contributed by atoms with van der Waals surface area (Å²) >= 11 is 0. The number of para-hydroxylation sites is 1. The van der Waals surface area contributed by atoms with Gasteiger partial charge in [0.2, 0.25) is 0 Å². The molecule has 3 aromatic rings. The van der Waals surface area contributed by atoms with Gasteiger partial charge in [0.15, 0.2) is 17.7 Å². The average molecular weight is 493 g/mol. The summed E-state index contributed by atoms with van der Waals surface area (Å²) in [6.07, 6.45) is -0.432. The number of carbonyl (C=O) groups is 3. The van der Waals surface area contributed by atoms with Gasteiger partial charge >= 0.3 is 12.1 Å². The monoisotopic (exact) mass is 493 g/mol. The van der Waals surface area contributed by atoms with Crippen LogP contribution >= 0.6 is 0 Å². The van der Waals surface area contributed by atoms with Crippen molar-refractivity contribution in [3.8, 4) is 11.5 Å². The fourth-order valence-corrected chi connectivity index (χ4v) is 3.35. The third-order valence-corrected chi connectivity index (χ3v) is 5.03. The van der Waals surface area contributed by atoms with E-state index >= 15 is 0 Å². The first kappa shape index (κ1) is 26.0. The Hall–Kier alpha value is -4.66. The number of amides is 2. The van der Waals surface area contributed by atoms with Gasteiger partial charge in [0.1, 0.15) is 11.9 Å². The second-order valence-electron chi connectivity index (χ2n) is 7.64. The number of carbonyl (C=O) groups excluding carboxylic acids is 2. The number of aliphatic carboxylic acids is 1. The molecule has 8 nitrogen and oxygen atoms in total. The molecule has 2 amide bonds. The molecule has 2 atom stereocenters. The highest BCUT2D eigenvalue weighted by atomic mass is 19.1. The molecule has 9 heteroatoms. The number of imide groups is 1. The number of hydrogen-bond donors (Lipinski definition) is 3. The van der Waals surface area contributed by atoms with Crippen molar-refractivity contribution < 1.29 is 38.5 Å². The highest BCUT2D eigenvalue weighted by molar-refractivity contribution is 6.02. The van der Waals surface area contributed by atoms with Crippen molar-refractivity contribution in [2.75, 3.05) is 0 Å². The lowest BCUT2D eigenvalue weighted by Crippen LogP contribution is -2.36. The van der Waals surface area contributed by atoms with Crippen LogP contribution in [0.15, 0.2) is 91.0 Å². The number of rotatable bonds is 10. The van der Waals surface area contributed by atoms with Gasteiger partial charge in [-0.25, -0.2) is 14.0 Å². The minimum Gasteiger partial charge on any atom is -0.505 e. The van der Waals surface area contributed by atoms with Gasteiger partial charge in [-0.1, -0.05) is 48.5 Å². The van der Waals surface area contributed by atoms with E-state index in [0.29, 0.717) is 5.75 Å². The van der Waals surface area contributed by atoms with Crippen LogP contribution in [0.2, 0.25) is 0 Å². The molecule has 0 aliphatic carbocycles. The molecule has 0 saturated carbocycles. The van der Waals surface area contributed by atoms with E-state index in [1.54, 1.807) is 48.5 Å². The van der Waals surface area contributed by atoms with Crippen LogP contribution in [0.5, 0.6) is 11.5 Å². The molecule has 0 fully saturated rings. The van der Waals surface area contributed by atoms with E-state index in [4.69, 9.17) is 14.6 Å². The van der Waals surface area contributed by atoms with E-state index in [-0.39, 0.29) is 24.0 Å². The zero-order valence-electron chi connectivity index (χ0n) is 19.0. The van der Waals surface area contributed by atoms with Gasteiger partial charge in [-0.15, -0.1) is 0 Å². The Bertz CT molecular complexity index is 1220. The average Bonchev–Trinajstić information content (AvgIpc) is 2.87. The first-order valence-electron chi connectivity index (χ1n) is 11.0. The number of carboxylic acids is 1. The molecule has 3 rings (SSSR count). The number of ether oxygens (including phenoxy) is 2. The molecular formula is C27H24FNO7. The van der Waals surface area contributed by atoms with E-state index in [9.17, 15) is 23.9 Å². The molecule has 0 radical (unpaired) electrons. The Morgan fingerprint density at radius 3 is 2.28 bits per heavy atom. The Morgan fingerprint density at radius 1 is 0.972 bits per heavy atom. The molecule has 0 aliphatic heterocycles.